The van der Waals surface area contributed by atoms with Gasteiger partial charge in [-0.15, -0.1) is 12.4 Å². The van der Waals surface area contributed by atoms with Crippen LogP contribution >= 0.6 is 12.4 Å². The normalized spacial score (nSPS) is 12.0. The summed E-state index contributed by atoms with van der Waals surface area (Å²) in [5.41, 5.74) is 12.1. The Bertz CT molecular complexity index is 320. The maximum Gasteiger partial charge on any atom is 0.165 e. The molecule has 0 saturated heterocycles. The van der Waals surface area contributed by atoms with Gasteiger partial charge in [-0.05, 0) is 18.6 Å². The molecule has 0 radical (unpaired) electrons. The van der Waals surface area contributed by atoms with E-state index in [4.69, 9.17) is 11.5 Å². The molecule has 0 heterocycles. The summed E-state index contributed by atoms with van der Waals surface area (Å²) < 4.78 is 12.9. The van der Waals surface area contributed by atoms with Gasteiger partial charge in [0, 0.05) is 18.2 Å². The van der Waals surface area contributed by atoms with Crippen molar-refractivity contribution in [2.24, 2.45) is 11.5 Å². The Labute approximate surface area is 88.3 Å². The largest absolute Gasteiger partial charge is 0.505 e. The van der Waals surface area contributed by atoms with Gasteiger partial charge in [-0.3, -0.25) is 0 Å². The SMILES string of the molecule is Cc1ccc(F)c(O)c1[C@H](N)CN.Cl. The second-order valence-corrected chi connectivity index (χ2v) is 2.97. The lowest BCUT2D eigenvalue weighted by atomic mass is 10.0. The van der Waals surface area contributed by atoms with Crippen LogP contribution in [0.4, 0.5) is 4.39 Å². The molecule has 5 N–H and O–H groups in total. The maximum atomic E-state index is 12.9. The van der Waals surface area contributed by atoms with Gasteiger partial charge in [-0.25, -0.2) is 4.39 Å². The first-order valence-corrected chi connectivity index (χ1v) is 4.01. The molecule has 0 bridgehead atoms. The van der Waals surface area contributed by atoms with Crippen LogP contribution in [-0.4, -0.2) is 11.7 Å². The zero-order chi connectivity index (χ0) is 10.0. The van der Waals surface area contributed by atoms with Crippen molar-refractivity contribution in [3.05, 3.63) is 29.1 Å². The molecular weight excluding hydrogens is 207 g/mol. The lowest BCUT2D eigenvalue weighted by Crippen LogP contribution is -2.22. The minimum Gasteiger partial charge on any atom is -0.505 e. The molecule has 0 unspecified atom stereocenters. The third-order valence-electron chi connectivity index (χ3n) is 2.01. The van der Waals surface area contributed by atoms with E-state index >= 15 is 0 Å². The number of aromatic hydroxyl groups is 1. The van der Waals surface area contributed by atoms with Crippen LogP contribution in [0.2, 0.25) is 0 Å². The molecule has 0 aliphatic heterocycles. The smallest absolute Gasteiger partial charge is 0.165 e. The van der Waals surface area contributed by atoms with Crippen molar-refractivity contribution in [2.75, 3.05) is 6.54 Å². The van der Waals surface area contributed by atoms with Crippen molar-refractivity contribution in [3.63, 3.8) is 0 Å². The zero-order valence-electron chi connectivity index (χ0n) is 7.83. The summed E-state index contributed by atoms with van der Waals surface area (Å²) in [5, 5.41) is 9.37. The highest BCUT2D eigenvalue weighted by atomic mass is 35.5. The fourth-order valence-corrected chi connectivity index (χ4v) is 1.27. The third kappa shape index (κ3) is 2.35. The Hall–Kier alpha value is -0.840. The highest BCUT2D eigenvalue weighted by Gasteiger charge is 2.15. The van der Waals surface area contributed by atoms with Gasteiger partial charge in [0.1, 0.15) is 0 Å². The number of rotatable bonds is 2. The van der Waals surface area contributed by atoms with Crippen LogP contribution in [-0.2, 0) is 0 Å². The number of hydrogen-bond acceptors (Lipinski definition) is 3. The molecule has 80 valence electrons. The van der Waals surface area contributed by atoms with E-state index in [1.807, 2.05) is 0 Å². The van der Waals surface area contributed by atoms with Crippen LogP contribution in [0.25, 0.3) is 0 Å². The number of halogens is 2. The number of phenolic OH excluding ortho intramolecular Hbond substituents is 1. The molecule has 1 aromatic carbocycles. The van der Waals surface area contributed by atoms with Gasteiger partial charge in [0.15, 0.2) is 11.6 Å². The monoisotopic (exact) mass is 220 g/mol. The topological polar surface area (TPSA) is 72.3 Å². The third-order valence-corrected chi connectivity index (χ3v) is 2.01. The number of hydrogen-bond donors (Lipinski definition) is 3. The van der Waals surface area contributed by atoms with E-state index in [2.05, 4.69) is 0 Å². The predicted molar refractivity (Wildman–Crippen MR) is 56.0 cm³/mol. The number of phenols is 1. The van der Waals surface area contributed by atoms with Crippen LogP contribution in [0.15, 0.2) is 12.1 Å². The Morgan fingerprint density at radius 3 is 2.57 bits per heavy atom. The molecule has 0 fully saturated rings. The molecule has 0 aliphatic carbocycles. The van der Waals surface area contributed by atoms with E-state index in [0.29, 0.717) is 5.56 Å². The van der Waals surface area contributed by atoms with Crippen molar-refractivity contribution < 1.29 is 9.50 Å². The molecule has 5 heteroatoms. The van der Waals surface area contributed by atoms with E-state index < -0.39 is 17.6 Å². The van der Waals surface area contributed by atoms with E-state index in [0.717, 1.165) is 5.56 Å². The summed E-state index contributed by atoms with van der Waals surface area (Å²) in [7, 11) is 0. The minimum atomic E-state index is -0.662. The minimum absolute atomic E-state index is 0. The lowest BCUT2D eigenvalue weighted by Gasteiger charge is -2.14. The fourth-order valence-electron chi connectivity index (χ4n) is 1.27. The van der Waals surface area contributed by atoms with Crippen LogP contribution in [0.5, 0.6) is 5.75 Å². The molecule has 0 saturated carbocycles. The average Bonchev–Trinajstić information content (AvgIpc) is 2.12. The molecule has 1 atom stereocenters. The molecule has 0 spiro atoms. The van der Waals surface area contributed by atoms with Gasteiger partial charge >= 0.3 is 0 Å². The average molecular weight is 221 g/mol. The summed E-state index contributed by atoms with van der Waals surface area (Å²) in [4.78, 5) is 0. The van der Waals surface area contributed by atoms with Gasteiger partial charge in [-0.1, -0.05) is 6.07 Å². The second kappa shape index (κ2) is 5.14. The van der Waals surface area contributed by atoms with Gasteiger partial charge in [0.05, 0.1) is 0 Å². The number of nitrogens with two attached hydrogens (primary N) is 2. The molecule has 0 aliphatic rings. The van der Waals surface area contributed by atoms with Crippen LogP contribution in [0.1, 0.15) is 17.2 Å². The first-order valence-electron chi connectivity index (χ1n) is 4.01. The first-order chi connectivity index (χ1) is 6.07. The molecule has 0 aromatic heterocycles. The van der Waals surface area contributed by atoms with Crippen LogP contribution in [0.3, 0.4) is 0 Å². The number of aryl methyl sites for hydroxylation is 1. The Morgan fingerprint density at radius 1 is 1.50 bits per heavy atom. The highest BCUT2D eigenvalue weighted by Crippen LogP contribution is 2.28. The Morgan fingerprint density at radius 2 is 2.07 bits per heavy atom. The van der Waals surface area contributed by atoms with Crippen molar-refractivity contribution in [1.82, 2.24) is 0 Å². The Balaban J connectivity index is 0.00000169. The highest BCUT2D eigenvalue weighted by molar-refractivity contribution is 5.85. The second-order valence-electron chi connectivity index (χ2n) is 2.97. The zero-order valence-corrected chi connectivity index (χ0v) is 8.64. The van der Waals surface area contributed by atoms with Gasteiger partial charge in [-0.2, -0.15) is 0 Å². The summed E-state index contributed by atoms with van der Waals surface area (Å²) in [6, 6.07) is 2.26. The molecule has 14 heavy (non-hydrogen) atoms. The Kier molecular flexibility index (Phi) is 4.83. The van der Waals surface area contributed by atoms with Crippen molar-refractivity contribution in [3.8, 4) is 5.75 Å². The lowest BCUT2D eigenvalue weighted by molar-refractivity contribution is 0.420. The van der Waals surface area contributed by atoms with Crippen molar-refractivity contribution >= 4 is 12.4 Å². The molecular formula is C9H14ClFN2O. The van der Waals surface area contributed by atoms with Crippen molar-refractivity contribution in [1.29, 1.82) is 0 Å². The summed E-state index contributed by atoms with van der Waals surface area (Å²) >= 11 is 0. The summed E-state index contributed by atoms with van der Waals surface area (Å²) in [5.74, 6) is -1.05. The fraction of sp³-hybridized carbons (Fsp3) is 0.333. The van der Waals surface area contributed by atoms with E-state index in [1.54, 1.807) is 13.0 Å². The molecule has 1 aromatic rings. The standard InChI is InChI=1S/C9H13FN2O.ClH/c1-5-2-3-6(10)9(13)8(5)7(12)4-11;/h2-3,7,13H,4,11-12H2,1H3;1H/t7-;/m1./s1. The van der Waals surface area contributed by atoms with Crippen LogP contribution < -0.4 is 11.5 Å². The van der Waals surface area contributed by atoms with Crippen LogP contribution in [0, 0.1) is 12.7 Å². The molecule has 1 rings (SSSR count). The molecule has 0 amide bonds. The summed E-state index contributed by atoms with van der Waals surface area (Å²) in [6.45, 7) is 1.93. The first kappa shape index (κ1) is 13.2. The van der Waals surface area contributed by atoms with E-state index in [9.17, 15) is 9.50 Å². The van der Waals surface area contributed by atoms with E-state index in [-0.39, 0.29) is 19.0 Å². The number of benzene rings is 1. The van der Waals surface area contributed by atoms with Gasteiger partial charge < -0.3 is 16.6 Å². The predicted octanol–water partition coefficient (Wildman–Crippen LogP) is 1.22. The molecule has 3 nitrogen and oxygen atoms in total. The van der Waals surface area contributed by atoms with Gasteiger partial charge in [0.25, 0.3) is 0 Å². The quantitative estimate of drug-likeness (QED) is 0.702. The van der Waals surface area contributed by atoms with Crippen molar-refractivity contribution in [2.45, 2.75) is 13.0 Å². The summed E-state index contributed by atoms with van der Waals surface area (Å²) in [6.07, 6.45) is 0. The van der Waals surface area contributed by atoms with E-state index in [1.165, 1.54) is 6.07 Å². The maximum absolute atomic E-state index is 12.9. The van der Waals surface area contributed by atoms with Gasteiger partial charge in [0.2, 0.25) is 0 Å².